The summed E-state index contributed by atoms with van der Waals surface area (Å²) in [6.07, 6.45) is 2.90. The SMILES string of the molecule is CCOC(=O)c1cc(OC)cnn1.COc1cnnc(CO)c1. The summed E-state index contributed by atoms with van der Waals surface area (Å²) in [6, 6.07) is 3.11. The number of ether oxygens (including phenoxy) is 3. The van der Waals surface area contributed by atoms with E-state index >= 15 is 0 Å². The molecule has 0 radical (unpaired) electrons. The summed E-state index contributed by atoms with van der Waals surface area (Å²) in [5, 5.41) is 23.0. The van der Waals surface area contributed by atoms with Gasteiger partial charge in [0.1, 0.15) is 11.5 Å². The molecule has 0 amide bonds. The van der Waals surface area contributed by atoms with Crippen LogP contribution in [0.1, 0.15) is 23.1 Å². The van der Waals surface area contributed by atoms with E-state index in [9.17, 15) is 4.79 Å². The van der Waals surface area contributed by atoms with Crippen molar-refractivity contribution in [1.29, 1.82) is 0 Å². The average Bonchev–Trinajstić information content (AvgIpc) is 2.62. The van der Waals surface area contributed by atoms with Crippen molar-refractivity contribution < 1.29 is 24.1 Å². The van der Waals surface area contributed by atoms with Crippen LogP contribution in [0.25, 0.3) is 0 Å². The first-order chi connectivity index (χ1) is 11.1. The molecule has 124 valence electrons. The zero-order chi connectivity index (χ0) is 17.1. The first-order valence-electron chi connectivity index (χ1n) is 6.64. The molecular weight excluding hydrogens is 304 g/mol. The summed E-state index contributed by atoms with van der Waals surface area (Å²) in [5.41, 5.74) is 0.667. The molecule has 2 aromatic heterocycles. The van der Waals surface area contributed by atoms with E-state index in [1.165, 1.54) is 32.7 Å². The number of methoxy groups -OCH3 is 2. The third-order valence-electron chi connectivity index (χ3n) is 2.43. The smallest absolute Gasteiger partial charge is 0.358 e. The zero-order valence-electron chi connectivity index (χ0n) is 13.1. The zero-order valence-corrected chi connectivity index (χ0v) is 13.1. The second-order valence-electron chi connectivity index (χ2n) is 3.95. The Labute approximate surface area is 133 Å². The Bertz CT molecular complexity index is 604. The second-order valence-corrected chi connectivity index (χ2v) is 3.95. The Morgan fingerprint density at radius 1 is 1.09 bits per heavy atom. The van der Waals surface area contributed by atoms with Gasteiger partial charge < -0.3 is 19.3 Å². The van der Waals surface area contributed by atoms with Crippen molar-refractivity contribution in [3.05, 3.63) is 35.9 Å². The van der Waals surface area contributed by atoms with Crippen molar-refractivity contribution in [1.82, 2.24) is 20.4 Å². The molecule has 23 heavy (non-hydrogen) atoms. The number of aliphatic hydroxyl groups is 1. The number of rotatable bonds is 5. The molecule has 2 aromatic rings. The molecule has 1 N–H and O–H groups in total. The molecule has 9 heteroatoms. The highest BCUT2D eigenvalue weighted by Crippen LogP contribution is 2.08. The van der Waals surface area contributed by atoms with Crippen LogP contribution in [0.3, 0.4) is 0 Å². The maximum Gasteiger partial charge on any atom is 0.358 e. The van der Waals surface area contributed by atoms with Gasteiger partial charge in [-0.1, -0.05) is 0 Å². The molecule has 2 rings (SSSR count). The van der Waals surface area contributed by atoms with Crippen molar-refractivity contribution in [2.75, 3.05) is 20.8 Å². The summed E-state index contributed by atoms with van der Waals surface area (Å²) < 4.78 is 14.4. The maximum atomic E-state index is 11.1. The highest BCUT2D eigenvalue weighted by molar-refractivity contribution is 5.87. The van der Waals surface area contributed by atoms with Crippen LogP contribution in [0.4, 0.5) is 0 Å². The summed E-state index contributed by atoms with van der Waals surface area (Å²) in [6.45, 7) is 1.94. The number of hydrogen-bond acceptors (Lipinski definition) is 9. The number of esters is 1. The first-order valence-corrected chi connectivity index (χ1v) is 6.64. The summed E-state index contributed by atoms with van der Waals surface area (Å²) in [4.78, 5) is 11.1. The van der Waals surface area contributed by atoms with Gasteiger partial charge in [-0.05, 0) is 6.92 Å². The van der Waals surface area contributed by atoms with Gasteiger partial charge in [0, 0.05) is 12.1 Å². The summed E-state index contributed by atoms with van der Waals surface area (Å²) >= 11 is 0. The van der Waals surface area contributed by atoms with Gasteiger partial charge in [-0.25, -0.2) is 4.79 Å². The lowest BCUT2D eigenvalue weighted by atomic mass is 10.4. The lowest BCUT2D eigenvalue weighted by molar-refractivity contribution is 0.0517. The molecule has 0 fully saturated rings. The lowest BCUT2D eigenvalue weighted by Crippen LogP contribution is -2.08. The number of aromatic nitrogens is 4. The molecule has 0 aliphatic carbocycles. The third kappa shape index (κ3) is 6.22. The minimum Gasteiger partial charge on any atom is -0.495 e. The van der Waals surface area contributed by atoms with Gasteiger partial charge in [0.15, 0.2) is 5.69 Å². The van der Waals surface area contributed by atoms with E-state index < -0.39 is 5.97 Å². The molecule has 9 nitrogen and oxygen atoms in total. The molecule has 0 aliphatic rings. The fraction of sp³-hybridized carbons (Fsp3) is 0.357. The highest BCUT2D eigenvalue weighted by Gasteiger charge is 2.09. The summed E-state index contributed by atoms with van der Waals surface area (Å²) in [7, 11) is 3.03. The van der Waals surface area contributed by atoms with E-state index in [1.54, 1.807) is 13.0 Å². The lowest BCUT2D eigenvalue weighted by Gasteiger charge is -2.01. The average molecular weight is 322 g/mol. The molecule has 0 unspecified atom stereocenters. The van der Waals surface area contributed by atoms with Crippen LogP contribution in [-0.2, 0) is 11.3 Å². The molecular formula is C14H18N4O5. The van der Waals surface area contributed by atoms with E-state index in [0.717, 1.165) is 0 Å². The van der Waals surface area contributed by atoms with Crippen molar-refractivity contribution in [2.24, 2.45) is 0 Å². The fourth-order valence-electron chi connectivity index (χ4n) is 1.34. The van der Waals surface area contributed by atoms with Crippen LogP contribution in [0.2, 0.25) is 0 Å². The van der Waals surface area contributed by atoms with Gasteiger partial charge in [0.2, 0.25) is 0 Å². The standard InChI is InChI=1S/C8H10N2O3.C6H8N2O2/c1-3-13-8(11)7-4-6(12-2)5-9-10-7;1-10-6-2-5(4-9)8-7-3-6/h4-5H,3H2,1-2H3;2-3,9H,4H2,1H3. The monoisotopic (exact) mass is 322 g/mol. The van der Waals surface area contributed by atoms with Crippen LogP contribution >= 0.6 is 0 Å². The Balaban J connectivity index is 0.000000238. The Morgan fingerprint density at radius 2 is 1.70 bits per heavy atom. The number of aliphatic hydroxyl groups excluding tert-OH is 1. The number of carbonyl (C=O) groups excluding carboxylic acids is 1. The predicted molar refractivity (Wildman–Crippen MR) is 79.0 cm³/mol. The molecule has 0 aliphatic heterocycles. The third-order valence-corrected chi connectivity index (χ3v) is 2.43. The van der Waals surface area contributed by atoms with Crippen LogP contribution in [0.5, 0.6) is 11.5 Å². The highest BCUT2D eigenvalue weighted by atomic mass is 16.5. The van der Waals surface area contributed by atoms with Crippen LogP contribution in [0, 0.1) is 0 Å². The van der Waals surface area contributed by atoms with Crippen molar-refractivity contribution in [3.63, 3.8) is 0 Å². The Hall–Kier alpha value is -2.81. The molecule has 2 heterocycles. The van der Waals surface area contributed by atoms with Crippen LogP contribution in [0.15, 0.2) is 24.5 Å². The van der Waals surface area contributed by atoms with Gasteiger partial charge in [-0.3, -0.25) is 0 Å². The van der Waals surface area contributed by atoms with E-state index in [0.29, 0.717) is 23.8 Å². The molecule has 0 atom stereocenters. The van der Waals surface area contributed by atoms with E-state index in [4.69, 9.17) is 19.3 Å². The minimum atomic E-state index is -0.492. The minimum absolute atomic E-state index is 0.107. The first kappa shape index (κ1) is 18.2. The van der Waals surface area contributed by atoms with Gasteiger partial charge >= 0.3 is 5.97 Å². The van der Waals surface area contributed by atoms with Gasteiger partial charge in [-0.15, -0.1) is 5.10 Å². The van der Waals surface area contributed by atoms with Crippen LogP contribution in [-0.4, -0.2) is 52.3 Å². The molecule has 0 saturated heterocycles. The van der Waals surface area contributed by atoms with E-state index in [-0.39, 0.29) is 12.3 Å². The van der Waals surface area contributed by atoms with E-state index in [2.05, 4.69) is 20.4 Å². The largest absolute Gasteiger partial charge is 0.495 e. The number of carbonyl (C=O) groups is 1. The Kier molecular flexibility index (Phi) is 7.94. The van der Waals surface area contributed by atoms with Crippen molar-refractivity contribution >= 4 is 5.97 Å². The van der Waals surface area contributed by atoms with E-state index in [1.807, 2.05) is 0 Å². The number of nitrogens with zero attached hydrogens (tertiary/aromatic N) is 4. The van der Waals surface area contributed by atoms with Gasteiger partial charge in [0.25, 0.3) is 0 Å². The number of hydrogen-bond donors (Lipinski definition) is 1. The van der Waals surface area contributed by atoms with Gasteiger partial charge in [-0.2, -0.15) is 15.3 Å². The van der Waals surface area contributed by atoms with Crippen molar-refractivity contribution in [2.45, 2.75) is 13.5 Å². The molecule has 0 aromatic carbocycles. The second kappa shape index (κ2) is 10.0. The quantitative estimate of drug-likeness (QED) is 0.791. The van der Waals surface area contributed by atoms with Crippen LogP contribution < -0.4 is 9.47 Å². The fourth-order valence-corrected chi connectivity index (χ4v) is 1.34. The Morgan fingerprint density at radius 3 is 2.26 bits per heavy atom. The predicted octanol–water partition coefficient (Wildman–Crippen LogP) is 0.639. The molecule has 0 spiro atoms. The van der Waals surface area contributed by atoms with Crippen molar-refractivity contribution in [3.8, 4) is 11.5 Å². The maximum absolute atomic E-state index is 11.1. The summed E-state index contributed by atoms with van der Waals surface area (Å²) in [5.74, 6) is 0.603. The molecule has 0 saturated carbocycles. The topological polar surface area (TPSA) is 117 Å². The normalized spacial score (nSPS) is 9.39. The van der Waals surface area contributed by atoms with Gasteiger partial charge in [0.05, 0.1) is 45.5 Å². The molecule has 0 bridgehead atoms.